The molecule has 29 heavy (non-hydrogen) atoms. The highest BCUT2D eigenvalue weighted by molar-refractivity contribution is 4.97. The molecule has 0 aromatic heterocycles. The lowest BCUT2D eigenvalue weighted by molar-refractivity contribution is -0.330. The number of ether oxygens (including phenoxy) is 2. The first-order valence-electron chi connectivity index (χ1n) is 9.89. The van der Waals surface area contributed by atoms with Crippen molar-refractivity contribution in [2.24, 2.45) is 0 Å². The van der Waals surface area contributed by atoms with Gasteiger partial charge in [0.25, 0.3) is 0 Å². The Morgan fingerprint density at radius 2 is 1.66 bits per heavy atom. The second-order valence-corrected chi connectivity index (χ2v) is 7.57. The number of nitriles is 1. The number of aliphatic hydroxyl groups is 7. The zero-order valence-corrected chi connectivity index (χ0v) is 16.2. The fraction of sp³-hybridized carbons (Fsp3) is 0.944. The molecule has 0 saturated carbocycles. The quantitative estimate of drug-likeness (QED) is 0.185. The summed E-state index contributed by atoms with van der Waals surface area (Å²) >= 11 is 0. The average molecular weight is 420 g/mol. The number of hydrogen-bond donors (Lipinski definition) is 7. The van der Waals surface area contributed by atoms with Gasteiger partial charge in [0.1, 0.15) is 36.6 Å². The normalized spacial score (nSPS) is 41.2. The maximum Gasteiger partial charge on any atom is 0.187 e. The lowest BCUT2D eigenvalue weighted by Gasteiger charge is -2.47. The fourth-order valence-electron chi connectivity index (χ4n) is 3.82. The van der Waals surface area contributed by atoms with Crippen LogP contribution in [-0.2, 0) is 9.47 Å². The van der Waals surface area contributed by atoms with E-state index in [2.05, 4.69) is 6.07 Å². The third-order valence-electron chi connectivity index (χ3n) is 5.56. The molecule has 0 radical (unpaired) electrons. The first-order valence-corrected chi connectivity index (χ1v) is 9.89. The van der Waals surface area contributed by atoms with E-state index in [0.717, 1.165) is 19.3 Å². The van der Waals surface area contributed by atoms with Crippen molar-refractivity contribution in [2.45, 2.75) is 80.7 Å². The Labute approximate surface area is 169 Å². The van der Waals surface area contributed by atoms with Crippen LogP contribution in [0, 0.1) is 11.3 Å². The lowest BCUT2D eigenvalue weighted by Crippen LogP contribution is -2.66. The fourth-order valence-corrected chi connectivity index (χ4v) is 3.82. The van der Waals surface area contributed by atoms with Crippen LogP contribution in [0.1, 0.15) is 25.7 Å². The monoisotopic (exact) mass is 420 g/mol. The summed E-state index contributed by atoms with van der Waals surface area (Å²) in [7, 11) is 0. The van der Waals surface area contributed by atoms with Crippen LogP contribution >= 0.6 is 0 Å². The third kappa shape index (κ3) is 5.83. The number of unbranched alkanes of at least 4 members (excludes halogenated alkanes) is 3. The SMILES string of the molecule is N#CCCCCCN1C[C@@H](O)[C@@H](O[C@H]2O[C@H](CO)[C@@H](O)[C@H](O)[C@H]2O)[C@H](O)[C@H]1CO. The van der Waals surface area contributed by atoms with Gasteiger partial charge in [0.2, 0.25) is 0 Å². The van der Waals surface area contributed by atoms with Crippen molar-refractivity contribution in [3.8, 4) is 6.07 Å². The third-order valence-corrected chi connectivity index (χ3v) is 5.56. The highest BCUT2D eigenvalue weighted by atomic mass is 16.7. The molecule has 2 aliphatic rings. The van der Waals surface area contributed by atoms with Gasteiger partial charge in [0, 0.05) is 13.0 Å². The minimum Gasteiger partial charge on any atom is -0.395 e. The Morgan fingerprint density at radius 3 is 2.28 bits per heavy atom. The molecule has 0 aromatic rings. The van der Waals surface area contributed by atoms with Crippen molar-refractivity contribution < 1.29 is 45.2 Å². The second-order valence-electron chi connectivity index (χ2n) is 7.57. The van der Waals surface area contributed by atoms with E-state index < -0.39 is 61.7 Å². The van der Waals surface area contributed by atoms with Crippen LogP contribution in [0.4, 0.5) is 0 Å². The Hall–Kier alpha value is -0.910. The number of likely N-dealkylation sites (tertiary alicyclic amines) is 1. The molecule has 2 saturated heterocycles. The summed E-state index contributed by atoms with van der Waals surface area (Å²) in [5.74, 6) is 0. The van der Waals surface area contributed by atoms with Crippen LogP contribution in [-0.4, -0.2) is 122 Å². The molecule has 2 rings (SSSR count). The van der Waals surface area contributed by atoms with Crippen molar-refractivity contribution in [1.29, 1.82) is 5.26 Å². The minimum atomic E-state index is -1.65. The van der Waals surface area contributed by atoms with Gasteiger partial charge in [-0.1, -0.05) is 6.42 Å². The molecule has 0 spiro atoms. The summed E-state index contributed by atoms with van der Waals surface area (Å²) in [5.41, 5.74) is 0. The molecule has 0 aromatic carbocycles. The van der Waals surface area contributed by atoms with Crippen LogP contribution in [0.2, 0.25) is 0 Å². The molecule has 11 heteroatoms. The van der Waals surface area contributed by atoms with E-state index in [0.29, 0.717) is 13.0 Å². The minimum absolute atomic E-state index is 0.0998. The van der Waals surface area contributed by atoms with E-state index in [9.17, 15) is 35.7 Å². The highest BCUT2D eigenvalue weighted by Gasteiger charge is 2.49. The van der Waals surface area contributed by atoms with Gasteiger partial charge in [-0.05, 0) is 19.4 Å². The van der Waals surface area contributed by atoms with Crippen LogP contribution in [0.3, 0.4) is 0 Å². The average Bonchev–Trinajstić information content (AvgIpc) is 2.70. The van der Waals surface area contributed by atoms with E-state index in [4.69, 9.17) is 14.7 Å². The van der Waals surface area contributed by atoms with Gasteiger partial charge >= 0.3 is 0 Å². The molecular formula is C18H32N2O9. The van der Waals surface area contributed by atoms with Crippen molar-refractivity contribution in [1.82, 2.24) is 4.90 Å². The van der Waals surface area contributed by atoms with E-state index in [1.807, 2.05) is 0 Å². The topological polar surface area (TPSA) is 187 Å². The number of aliphatic hydroxyl groups excluding tert-OH is 7. The molecule has 2 fully saturated rings. The van der Waals surface area contributed by atoms with Gasteiger partial charge in [-0.3, -0.25) is 4.90 Å². The number of hydrogen-bond acceptors (Lipinski definition) is 11. The standard InChI is InChI=1S/C18H32N2O9/c19-5-3-1-2-4-6-20-7-11(23)17(13(24)10(20)8-21)29-18-16(27)15(26)14(25)12(9-22)28-18/h10-18,21-27H,1-4,6-9H2/t10-,11-,12-,13-,14-,15+,16-,17-,18-/m1/s1. The van der Waals surface area contributed by atoms with E-state index in [-0.39, 0.29) is 13.2 Å². The summed E-state index contributed by atoms with van der Waals surface area (Å²) in [6.07, 6.45) is -8.44. The Balaban J connectivity index is 1.99. The van der Waals surface area contributed by atoms with E-state index in [1.54, 1.807) is 4.90 Å². The zero-order valence-electron chi connectivity index (χ0n) is 16.2. The molecule has 0 bridgehead atoms. The van der Waals surface area contributed by atoms with Crippen molar-refractivity contribution in [2.75, 3.05) is 26.3 Å². The molecule has 0 aliphatic carbocycles. The van der Waals surface area contributed by atoms with Gasteiger partial charge in [0.15, 0.2) is 6.29 Å². The van der Waals surface area contributed by atoms with Crippen LogP contribution in [0.5, 0.6) is 0 Å². The Kier molecular flexibility index (Phi) is 9.64. The van der Waals surface area contributed by atoms with Gasteiger partial charge in [0.05, 0.1) is 31.4 Å². The molecule has 0 amide bonds. The number of β-amino-alcohol motifs (C(OH)–C–C–N with tert-alkyl or cyclic N) is 1. The molecule has 2 heterocycles. The lowest BCUT2D eigenvalue weighted by atomic mass is 9.93. The zero-order chi connectivity index (χ0) is 21.6. The van der Waals surface area contributed by atoms with Gasteiger partial charge in [-0.25, -0.2) is 0 Å². The first-order chi connectivity index (χ1) is 13.8. The number of piperidine rings is 1. The van der Waals surface area contributed by atoms with Crippen LogP contribution < -0.4 is 0 Å². The molecular weight excluding hydrogens is 388 g/mol. The van der Waals surface area contributed by atoms with Crippen molar-refractivity contribution in [3.05, 3.63) is 0 Å². The largest absolute Gasteiger partial charge is 0.395 e. The Morgan fingerprint density at radius 1 is 0.931 bits per heavy atom. The predicted octanol–water partition coefficient (Wildman–Crippen LogP) is -3.35. The van der Waals surface area contributed by atoms with Gasteiger partial charge in [-0.2, -0.15) is 5.26 Å². The maximum atomic E-state index is 10.6. The Bertz CT molecular complexity index is 532. The molecule has 0 unspecified atom stereocenters. The predicted molar refractivity (Wildman–Crippen MR) is 97.2 cm³/mol. The molecule has 11 nitrogen and oxygen atoms in total. The van der Waals surface area contributed by atoms with Gasteiger partial charge in [-0.15, -0.1) is 0 Å². The maximum absolute atomic E-state index is 10.6. The molecule has 7 N–H and O–H groups in total. The number of rotatable bonds is 9. The summed E-state index contributed by atoms with van der Waals surface area (Å²) in [6.45, 7) is -0.403. The van der Waals surface area contributed by atoms with E-state index in [1.165, 1.54) is 0 Å². The molecule has 168 valence electrons. The molecule has 9 atom stereocenters. The highest BCUT2D eigenvalue weighted by Crippen LogP contribution is 2.28. The summed E-state index contributed by atoms with van der Waals surface area (Å²) in [6, 6.07) is 1.35. The van der Waals surface area contributed by atoms with Crippen LogP contribution in [0.25, 0.3) is 0 Å². The van der Waals surface area contributed by atoms with E-state index >= 15 is 0 Å². The summed E-state index contributed by atoms with van der Waals surface area (Å²) in [4.78, 5) is 1.74. The second kappa shape index (κ2) is 11.5. The number of nitrogens with zero attached hydrogens (tertiary/aromatic N) is 2. The van der Waals surface area contributed by atoms with Gasteiger partial charge < -0.3 is 45.2 Å². The van der Waals surface area contributed by atoms with Crippen molar-refractivity contribution in [3.63, 3.8) is 0 Å². The molecule has 2 aliphatic heterocycles. The van der Waals surface area contributed by atoms with Crippen LogP contribution in [0.15, 0.2) is 0 Å². The van der Waals surface area contributed by atoms with Crippen molar-refractivity contribution >= 4 is 0 Å². The summed E-state index contributed by atoms with van der Waals surface area (Å²) < 4.78 is 10.8. The smallest absolute Gasteiger partial charge is 0.187 e. The first kappa shape index (κ1) is 24.4. The summed E-state index contributed by atoms with van der Waals surface area (Å²) in [5, 5.41) is 78.4.